The smallest absolute Gasteiger partial charge is 0.129 e. The maximum Gasteiger partial charge on any atom is 0.129 e. The molecule has 0 aromatic heterocycles. The molecule has 0 amide bonds. The Morgan fingerprint density at radius 1 is 1.00 bits per heavy atom. The summed E-state index contributed by atoms with van der Waals surface area (Å²) in [6, 6.07) is 14.0. The maximum atomic E-state index is 13.3. The first kappa shape index (κ1) is 12.6. The molecule has 0 saturated carbocycles. The molecular formula is C15H15FO2. The first-order chi connectivity index (χ1) is 8.79. The van der Waals surface area contributed by atoms with Crippen LogP contribution in [0.5, 0.6) is 5.75 Å². The predicted octanol–water partition coefficient (Wildman–Crippen LogP) is 2.94. The fourth-order valence-corrected chi connectivity index (χ4v) is 1.66. The number of hydrogen-bond acceptors (Lipinski definition) is 2. The number of hydrogen-bond donors (Lipinski definition) is 1. The average molecular weight is 246 g/mol. The molecule has 3 heteroatoms. The van der Waals surface area contributed by atoms with Crippen LogP contribution >= 0.6 is 0 Å². The molecule has 18 heavy (non-hydrogen) atoms. The first-order valence-electron chi connectivity index (χ1n) is 5.85. The van der Waals surface area contributed by atoms with Gasteiger partial charge in [0.25, 0.3) is 0 Å². The van der Waals surface area contributed by atoms with E-state index in [0.717, 1.165) is 5.56 Å². The molecule has 0 unspecified atom stereocenters. The Labute approximate surface area is 106 Å². The molecule has 0 radical (unpaired) electrons. The maximum absolute atomic E-state index is 13.3. The second kappa shape index (κ2) is 6.17. The van der Waals surface area contributed by atoms with Gasteiger partial charge in [-0.25, -0.2) is 4.39 Å². The fraction of sp³-hybridized carbons (Fsp3) is 0.200. The highest BCUT2D eigenvalue weighted by atomic mass is 19.1. The van der Waals surface area contributed by atoms with E-state index in [-0.39, 0.29) is 19.0 Å². The molecule has 0 bridgehead atoms. The van der Waals surface area contributed by atoms with Crippen molar-refractivity contribution in [1.82, 2.24) is 0 Å². The first-order valence-corrected chi connectivity index (χ1v) is 5.85. The monoisotopic (exact) mass is 246 g/mol. The highest BCUT2D eigenvalue weighted by Crippen LogP contribution is 2.15. The van der Waals surface area contributed by atoms with Gasteiger partial charge in [0.15, 0.2) is 0 Å². The number of benzene rings is 2. The Bertz CT molecular complexity index is 494. The van der Waals surface area contributed by atoms with Crippen LogP contribution in [0.3, 0.4) is 0 Å². The lowest BCUT2D eigenvalue weighted by molar-refractivity contribution is 0.296. The zero-order valence-electron chi connectivity index (χ0n) is 9.97. The summed E-state index contributed by atoms with van der Waals surface area (Å²) in [6.07, 6.45) is 0.633. The summed E-state index contributed by atoms with van der Waals surface area (Å²) in [5.41, 5.74) is 1.59. The number of rotatable bonds is 5. The third-order valence-corrected chi connectivity index (χ3v) is 2.68. The number of ether oxygens (including phenoxy) is 1. The quantitative estimate of drug-likeness (QED) is 0.879. The van der Waals surface area contributed by atoms with Crippen molar-refractivity contribution in [1.29, 1.82) is 0 Å². The largest absolute Gasteiger partial charge is 0.489 e. The van der Waals surface area contributed by atoms with E-state index in [0.29, 0.717) is 17.7 Å². The van der Waals surface area contributed by atoms with E-state index < -0.39 is 0 Å². The van der Waals surface area contributed by atoms with Crippen molar-refractivity contribution in [2.24, 2.45) is 0 Å². The minimum Gasteiger partial charge on any atom is -0.489 e. The number of aliphatic hydroxyl groups excluding tert-OH is 1. The Balaban J connectivity index is 1.96. The van der Waals surface area contributed by atoms with Crippen molar-refractivity contribution in [2.45, 2.75) is 13.0 Å². The third-order valence-electron chi connectivity index (χ3n) is 2.68. The molecule has 0 atom stereocenters. The second-order valence-electron chi connectivity index (χ2n) is 4.00. The van der Waals surface area contributed by atoms with Gasteiger partial charge in [0.05, 0.1) is 0 Å². The average Bonchev–Trinajstić information content (AvgIpc) is 2.40. The van der Waals surface area contributed by atoms with Crippen molar-refractivity contribution < 1.29 is 14.2 Å². The summed E-state index contributed by atoms with van der Waals surface area (Å²) in [4.78, 5) is 0. The van der Waals surface area contributed by atoms with Crippen LogP contribution in [0, 0.1) is 5.82 Å². The standard InChI is InChI=1S/C15H15FO2/c16-15-4-2-1-3-13(15)11-18-14-7-5-12(6-8-14)9-10-17/h1-8,17H,9-11H2. The van der Waals surface area contributed by atoms with E-state index >= 15 is 0 Å². The van der Waals surface area contributed by atoms with E-state index in [2.05, 4.69) is 0 Å². The molecule has 0 aliphatic heterocycles. The molecule has 2 rings (SSSR count). The molecule has 0 aliphatic carbocycles. The van der Waals surface area contributed by atoms with Gasteiger partial charge in [-0.2, -0.15) is 0 Å². The van der Waals surface area contributed by atoms with Gasteiger partial charge in [-0.15, -0.1) is 0 Å². The molecule has 2 nitrogen and oxygen atoms in total. The Morgan fingerprint density at radius 2 is 1.72 bits per heavy atom. The van der Waals surface area contributed by atoms with Crippen LogP contribution in [-0.4, -0.2) is 11.7 Å². The van der Waals surface area contributed by atoms with Gasteiger partial charge in [-0.05, 0) is 30.2 Å². The summed E-state index contributed by atoms with van der Waals surface area (Å²) < 4.78 is 18.9. The highest BCUT2D eigenvalue weighted by molar-refractivity contribution is 5.28. The zero-order valence-corrected chi connectivity index (χ0v) is 9.97. The number of aliphatic hydroxyl groups is 1. The van der Waals surface area contributed by atoms with E-state index in [9.17, 15) is 4.39 Å². The van der Waals surface area contributed by atoms with Crippen LogP contribution in [0.4, 0.5) is 4.39 Å². The molecule has 0 aliphatic rings. The molecule has 2 aromatic rings. The van der Waals surface area contributed by atoms with Crippen LogP contribution in [0.25, 0.3) is 0 Å². The lowest BCUT2D eigenvalue weighted by Gasteiger charge is -2.07. The van der Waals surface area contributed by atoms with Gasteiger partial charge in [0.1, 0.15) is 18.2 Å². The minimum atomic E-state index is -0.255. The van der Waals surface area contributed by atoms with Crippen molar-refractivity contribution in [3.63, 3.8) is 0 Å². The molecule has 94 valence electrons. The van der Waals surface area contributed by atoms with E-state index in [4.69, 9.17) is 9.84 Å². The Kier molecular flexibility index (Phi) is 4.31. The highest BCUT2D eigenvalue weighted by Gasteiger charge is 2.01. The Morgan fingerprint density at radius 3 is 2.39 bits per heavy atom. The van der Waals surface area contributed by atoms with Gasteiger partial charge >= 0.3 is 0 Å². The van der Waals surface area contributed by atoms with Crippen molar-refractivity contribution >= 4 is 0 Å². The van der Waals surface area contributed by atoms with Crippen LogP contribution < -0.4 is 4.74 Å². The molecular weight excluding hydrogens is 231 g/mol. The molecule has 1 N–H and O–H groups in total. The van der Waals surface area contributed by atoms with Crippen molar-refractivity contribution in [3.05, 3.63) is 65.5 Å². The molecule has 0 saturated heterocycles. The minimum absolute atomic E-state index is 0.134. The summed E-state index contributed by atoms with van der Waals surface area (Å²) in [7, 11) is 0. The van der Waals surface area contributed by atoms with Gasteiger partial charge in [-0.1, -0.05) is 30.3 Å². The van der Waals surface area contributed by atoms with Crippen LogP contribution in [0.1, 0.15) is 11.1 Å². The van der Waals surface area contributed by atoms with Gasteiger partial charge in [0, 0.05) is 12.2 Å². The number of halogens is 1. The van der Waals surface area contributed by atoms with Gasteiger partial charge in [-0.3, -0.25) is 0 Å². The second-order valence-corrected chi connectivity index (χ2v) is 4.00. The van der Waals surface area contributed by atoms with E-state index in [1.807, 2.05) is 24.3 Å². The third kappa shape index (κ3) is 3.31. The van der Waals surface area contributed by atoms with Crippen LogP contribution in [0.15, 0.2) is 48.5 Å². The van der Waals surface area contributed by atoms with Gasteiger partial charge < -0.3 is 9.84 Å². The topological polar surface area (TPSA) is 29.5 Å². The van der Waals surface area contributed by atoms with Crippen LogP contribution in [-0.2, 0) is 13.0 Å². The lowest BCUT2D eigenvalue weighted by atomic mass is 10.1. The predicted molar refractivity (Wildman–Crippen MR) is 68.0 cm³/mol. The fourth-order valence-electron chi connectivity index (χ4n) is 1.66. The zero-order chi connectivity index (χ0) is 12.8. The molecule has 0 heterocycles. The van der Waals surface area contributed by atoms with Crippen molar-refractivity contribution in [3.8, 4) is 5.75 Å². The lowest BCUT2D eigenvalue weighted by Crippen LogP contribution is -1.98. The SMILES string of the molecule is OCCc1ccc(OCc2ccccc2F)cc1. The van der Waals surface area contributed by atoms with Crippen LogP contribution in [0.2, 0.25) is 0 Å². The summed E-state index contributed by atoms with van der Waals surface area (Å²) in [5, 5.41) is 8.80. The summed E-state index contributed by atoms with van der Waals surface area (Å²) in [5.74, 6) is 0.439. The normalized spacial score (nSPS) is 10.3. The Hall–Kier alpha value is -1.87. The van der Waals surface area contributed by atoms with E-state index in [1.165, 1.54) is 6.07 Å². The van der Waals surface area contributed by atoms with E-state index in [1.54, 1.807) is 18.2 Å². The molecule has 2 aromatic carbocycles. The van der Waals surface area contributed by atoms with Crippen molar-refractivity contribution in [2.75, 3.05) is 6.61 Å². The summed E-state index contributed by atoms with van der Waals surface area (Å²) in [6.45, 7) is 0.349. The molecule has 0 fully saturated rings. The molecule has 0 spiro atoms. The summed E-state index contributed by atoms with van der Waals surface area (Å²) >= 11 is 0. The van der Waals surface area contributed by atoms with Gasteiger partial charge in [0.2, 0.25) is 0 Å².